The summed E-state index contributed by atoms with van der Waals surface area (Å²) in [5.74, 6) is 1.46. The van der Waals surface area contributed by atoms with E-state index in [9.17, 15) is 9.59 Å². The third kappa shape index (κ3) is 4.84. The summed E-state index contributed by atoms with van der Waals surface area (Å²) in [7, 11) is 0. The van der Waals surface area contributed by atoms with E-state index < -0.39 is 11.8 Å². The van der Waals surface area contributed by atoms with Gasteiger partial charge >= 0.3 is 11.8 Å². The summed E-state index contributed by atoms with van der Waals surface area (Å²) in [6, 6.07) is 0. The van der Waals surface area contributed by atoms with Gasteiger partial charge in [0.05, 0.1) is 5.69 Å². The van der Waals surface area contributed by atoms with Crippen LogP contribution in [-0.4, -0.2) is 23.3 Å². The van der Waals surface area contributed by atoms with Crippen LogP contribution in [-0.2, 0) is 15.0 Å². The van der Waals surface area contributed by atoms with Crippen LogP contribution in [0.1, 0.15) is 89.7 Å². The normalized spacial score (nSPS) is 29.8. The maximum atomic E-state index is 12.2. The summed E-state index contributed by atoms with van der Waals surface area (Å²) in [4.78, 5) is 29.1. The summed E-state index contributed by atoms with van der Waals surface area (Å²) in [5, 5.41) is 8.14. The highest BCUT2D eigenvalue weighted by molar-refractivity contribution is 7.14. The summed E-state index contributed by atoms with van der Waals surface area (Å²) in [5.41, 5.74) is 1.39. The molecule has 0 radical (unpaired) electrons. The van der Waals surface area contributed by atoms with Gasteiger partial charge in [0, 0.05) is 17.3 Å². The van der Waals surface area contributed by atoms with Crippen LogP contribution in [0.25, 0.3) is 0 Å². The monoisotopic (exact) mass is 417 g/mol. The lowest BCUT2D eigenvalue weighted by molar-refractivity contribution is -0.136. The molecule has 2 N–H and O–H groups in total. The molecule has 0 aromatic carbocycles. The largest absolute Gasteiger partial charge is 0.348 e. The van der Waals surface area contributed by atoms with E-state index in [4.69, 9.17) is 4.98 Å². The second-order valence-electron chi connectivity index (χ2n) is 9.71. The van der Waals surface area contributed by atoms with Crippen LogP contribution in [0.2, 0.25) is 0 Å². The summed E-state index contributed by atoms with van der Waals surface area (Å²) >= 11 is 1.46. The van der Waals surface area contributed by atoms with E-state index in [1.807, 2.05) is 0 Å². The second-order valence-corrected chi connectivity index (χ2v) is 10.6. The van der Waals surface area contributed by atoms with Gasteiger partial charge in [-0.1, -0.05) is 39.0 Å². The maximum absolute atomic E-state index is 12.2. The Morgan fingerprint density at radius 1 is 1.00 bits per heavy atom. The van der Waals surface area contributed by atoms with Gasteiger partial charge in [0.1, 0.15) is 0 Å². The van der Waals surface area contributed by atoms with Crippen molar-refractivity contribution in [1.82, 2.24) is 10.3 Å². The minimum atomic E-state index is -0.595. The number of nitrogens with zero attached hydrogens (tertiary/aromatic N) is 1. The number of unbranched alkanes of at least 4 members (excludes halogenated alkanes) is 5. The Kier molecular flexibility index (Phi) is 6.57. The number of anilines is 1. The van der Waals surface area contributed by atoms with Crippen molar-refractivity contribution in [3.8, 4) is 0 Å². The third-order valence-electron chi connectivity index (χ3n) is 7.33. The van der Waals surface area contributed by atoms with Crippen LogP contribution in [0, 0.1) is 17.8 Å². The number of carbonyl (C=O) groups excluding carboxylic acids is 2. The van der Waals surface area contributed by atoms with Crippen molar-refractivity contribution in [2.24, 2.45) is 17.8 Å². The molecule has 1 heterocycles. The van der Waals surface area contributed by atoms with Crippen molar-refractivity contribution >= 4 is 28.3 Å². The smallest absolute Gasteiger partial charge is 0.315 e. The Balaban J connectivity index is 1.24. The highest BCUT2D eigenvalue weighted by Gasteiger charge is 2.52. The van der Waals surface area contributed by atoms with E-state index >= 15 is 0 Å². The van der Waals surface area contributed by atoms with E-state index in [1.54, 1.807) is 0 Å². The Labute approximate surface area is 178 Å². The van der Waals surface area contributed by atoms with Gasteiger partial charge in [-0.25, -0.2) is 4.98 Å². The number of nitrogens with one attached hydrogen (secondary N) is 2. The SMILES string of the molecule is CCCCCCCCNC(=O)C(=O)Nc1nc(C23CC4CC(CC(C4)C2)C3)cs1. The maximum Gasteiger partial charge on any atom is 0.315 e. The molecule has 4 aliphatic carbocycles. The van der Waals surface area contributed by atoms with Crippen molar-refractivity contribution in [1.29, 1.82) is 0 Å². The Morgan fingerprint density at radius 3 is 2.28 bits per heavy atom. The van der Waals surface area contributed by atoms with Crippen LogP contribution in [0.3, 0.4) is 0 Å². The van der Waals surface area contributed by atoms with Crippen LogP contribution in [0.15, 0.2) is 5.38 Å². The van der Waals surface area contributed by atoms with Gasteiger partial charge in [-0.05, 0) is 62.7 Å². The van der Waals surface area contributed by atoms with Gasteiger partial charge in [-0.2, -0.15) is 0 Å². The van der Waals surface area contributed by atoms with Gasteiger partial charge in [-0.3, -0.25) is 14.9 Å². The molecule has 4 saturated carbocycles. The first-order chi connectivity index (χ1) is 14.1. The summed E-state index contributed by atoms with van der Waals surface area (Å²) in [6.45, 7) is 2.77. The van der Waals surface area contributed by atoms with Crippen molar-refractivity contribution in [2.45, 2.75) is 89.4 Å². The van der Waals surface area contributed by atoms with Crippen LogP contribution >= 0.6 is 11.3 Å². The molecule has 0 unspecified atom stereocenters. The zero-order chi connectivity index (χ0) is 20.3. The molecular formula is C23H35N3O2S. The van der Waals surface area contributed by atoms with Crippen molar-refractivity contribution in [2.75, 3.05) is 11.9 Å². The molecular weight excluding hydrogens is 382 g/mol. The van der Waals surface area contributed by atoms with E-state index in [1.165, 1.54) is 75.5 Å². The van der Waals surface area contributed by atoms with E-state index in [0.29, 0.717) is 11.7 Å². The molecule has 6 heteroatoms. The van der Waals surface area contributed by atoms with Gasteiger partial charge in [0.2, 0.25) is 0 Å². The number of thiazole rings is 1. The average Bonchev–Trinajstić information content (AvgIpc) is 3.15. The molecule has 4 aliphatic rings. The van der Waals surface area contributed by atoms with Crippen molar-refractivity contribution in [3.63, 3.8) is 0 Å². The molecule has 0 saturated heterocycles. The second kappa shape index (κ2) is 9.15. The fourth-order valence-corrected chi connectivity index (χ4v) is 7.17. The topological polar surface area (TPSA) is 71.1 Å². The molecule has 0 spiro atoms. The standard InChI is InChI=1S/C23H35N3O2S/c1-2-3-4-5-6-7-8-24-20(27)21(28)26-22-25-19(15-29-22)23-12-16-9-17(13-23)11-18(10-16)14-23/h15-18H,2-14H2,1H3,(H,24,27)(H,25,26,28). The van der Waals surface area contributed by atoms with Crippen LogP contribution in [0.5, 0.6) is 0 Å². The Hall–Kier alpha value is -1.43. The molecule has 4 bridgehead atoms. The third-order valence-corrected chi connectivity index (χ3v) is 8.09. The van der Waals surface area contributed by atoms with E-state index in [2.05, 4.69) is 22.9 Å². The molecule has 2 amide bonds. The fourth-order valence-electron chi connectivity index (χ4n) is 6.34. The minimum absolute atomic E-state index is 0.230. The van der Waals surface area contributed by atoms with Crippen molar-refractivity contribution < 1.29 is 9.59 Å². The van der Waals surface area contributed by atoms with Gasteiger partial charge in [0.15, 0.2) is 5.13 Å². The lowest BCUT2D eigenvalue weighted by Crippen LogP contribution is -2.48. The number of carbonyl (C=O) groups is 2. The summed E-state index contributed by atoms with van der Waals surface area (Å²) in [6.07, 6.45) is 15.0. The quantitative estimate of drug-likeness (QED) is 0.437. The summed E-state index contributed by atoms with van der Waals surface area (Å²) < 4.78 is 0. The van der Waals surface area contributed by atoms with Gasteiger partial charge in [0.25, 0.3) is 0 Å². The first kappa shape index (κ1) is 20.8. The first-order valence-electron chi connectivity index (χ1n) is 11.6. The minimum Gasteiger partial charge on any atom is -0.348 e. The first-order valence-corrected chi connectivity index (χ1v) is 12.5. The van der Waals surface area contributed by atoms with Crippen LogP contribution < -0.4 is 10.6 Å². The van der Waals surface area contributed by atoms with Crippen LogP contribution in [0.4, 0.5) is 5.13 Å². The molecule has 5 rings (SSSR count). The molecule has 5 nitrogen and oxygen atoms in total. The molecule has 0 atom stereocenters. The average molecular weight is 418 g/mol. The van der Waals surface area contributed by atoms with E-state index in [0.717, 1.165) is 36.3 Å². The molecule has 0 aliphatic heterocycles. The Bertz CT molecular complexity index is 694. The molecule has 1 aromatic rings. The predicted molar refractivity (Wildman–Crippen MR) is 117 cm³/mol. The zero-order valence-electron chi connectivity index (χ0n) is 17.7. The molecule has 160 valence electrons. The van der Waals surface area contributed by atoms with E-state index in [-0.39, 0.29) is 5.41 Å². The van der Waals surface area contributed by atoms with Gasteiger partial charge in [-0.15, -0.1) is 11.3 Å². The molecule has 4 fully saturated rings. The predicted octanol–water partition coefficient (Wildman–Crippen LogP) is 5.03. The lowest BCUT2D eigenvalue weighted by Gasteiger charge is -2.56. The highest BCUT2D eigenvalue weighted by Crippen LogP contribution is 2.60. The number of aromatic nitrogens is 1. The Morgan fingerprint density at radius 2 is 1.62 bits per heavy atom. The number of amides is 2. The highest BCUT2D eigenvalue weighted by atomic mass is 32.1. The number of rotatable bonds is 9. The van der Waals surface area contributed by atoms with Gasteiger partial charge < -0.3 is 5.32 Å². The van der Waals surface area contributed by atoms with Crippen molar-refractivity contribution in [3.05, 3.63) is 11.1 Å². The molecule has 29 heavy (non-hydrogen) atoms. The molecule has 1 aromatic heterocycles. The number of hydrogen-bond donors (Lipinski definition) is 2. The number of hydrogen-bond acceptors (Lipinski definition) is 4. The zero-order valence-corrected chi connectivity index (χ0v) is 18.5. The fraction of sp³-hybridized carbons (Fsp3) is 0.783. The lowest BCUT2D eigenvalue weighted by atomic mass is 9.49.